The highest BCUT2D eigenvalue weighted by Crippen LogP contribution is 2.17. The zero-order valence-corrected chi connectivity index (χ0v) is 10.6. The van der Waals surface area contributed by atoms with Gasteiger partial charge in [0, 0.05) is 17.0 Å². The van der Waals surface area contributed by atoms with Gasteiger partial charge in [-0.2, -0.15) is 0 Å². The molecule has 1 aromatic carbocycles. The van der Waals surface area contributed by atoms with Gasteiger partial charge in [0.05, 0.1) is 6.54 Å². The van der Waals surface area contributed by atoms with Crippen LogP contribution in [0, 0.1) is 0 Å². The van der Waals surface area contributed by atoms with E-state index in [2.05, 4.69) is 20.8 Å². The number of urea groups is 1. The van der Waals surface area contributed by atoms with Crippen LogP contribution >= 0.6 is 11.3 Å². The topological polar surface area (TPSA) is 80.0 Å². The molecule has 2 heterocycles. The van der Waals surface area contributed by atoms with E-state index in [9.17, 15) is 4.79 Å². The molecule has 0 saturated heterocycles. The van der Waals surface area contributed by atoms with Crippen LogP contribution in [0.25, 0.3) is 11.0 Å². The molecule has 0 spiro atoms. The Morgan fingerprint density at radius 3 is 3.11 bits per heavy atom. The molecule has 2 aromatic heterocycles. The molecular formula is C12H10N4O2S. The number of nitrogens with one attached hydrogen (secondary N) is 2. The smallest absolute Gasteiger partial charge is 0.321 e. The minimum Gasteiger partial charge on any atom is -0.356 e. The standard InChI is InChI=1S/C12H10N4O2S/c17-11(15-12-13-5-6-19-12)14-7-9-8-3-1-2-4-10(8)18-16-9/h1-6H,7H2,(H2,13,14,15,17). The van der Waals surface area contributed by atoms with Gasteiger partial charge in [0.1, 0.15) is 5.69 Å². The summed E-state index contributed by atoms with van der Waals surface area (Å²) in [5, 5.41) is 12.5. The van der Waals surface area contributed by atoms with Crippen molar-refractivity contribution in [3.05, 3.63) is 41.5 Å². The summed E-state index contributed by atoms with van der Waals surface area (Å²) >= 11 is 1.36. The van der Waals surface area contributed by atoms with E-state index in [1.54, 1.807) is 11.6 Å². The van der Waals surface area contributed by atoms with E-state index < -0.39 is 0 Å². The van der Waals surface area contributed by atoms with Crippen molar-refractivity contribution in [3.8, 4) is 0 Å². The lowest BCUT2D eigenvalue weighted by atomic mass is 10.2. The fraction of sp³-hybridized carbons (Fsp3) is 0.0833. The summed E-state index contributed by atoms with van der Waals surface area (Å²) in [6.45, 7) is 0.300. The Labute approximate surface area is 112 Å². The van der Waals surface area contributed by atoms with Gasteiger partial charge in [0.15, 0.2) is 10.7 Å². The molecule has 2 N–H and O–H groups in total. The first-order chi connectivity index (χ1) is 9.33. The van der Waals surface area contributed by atoms with Crippen LogP contribution in [0.15, 0.2) is 40.4 Å². The van der Waals surface area contributed by atoms with Crippen LogP contribution in [-0.4, -0.2) is 16.2 Å². The highest BCUT2D eigenvalue weighted by molar-refractivity contribution is 7.13. The van der Waals surface area contributed by atoms with Gasteiger partial charge in [-0.3, -0.25) is 5.32 Å². The highest BCUT2D eigenvalue weighted by Gasteiger charge is 2.09. The Kier molecular flexibility index (Phi) is 3.11. The van der Waals surface area contributed by atoms with Crippen LogP contribution in [0.5, 0.6) is 0 Å². The summed E-state index contributed by atoms with van der Waals surface area (Å²) in [5.41, 5.74) is 1.41. The van der Waals surface area contributed by atoms with Gasteiger partial charge in [-0.25, -0.2) is 9.78 Å². The second-order valence-electron chi connectivity index (χ2n) is 3.77. The van der Waals surface area contributed by atoms with Crippen molar-refractivity contribution in [1.82, 2.24) is 15.5 Å². The fourth-order valence-corrected chi connectivity index (χ4v) is 2.18. The normalized spacial score (nSPS) is 10.5. The summed E-state index contributed by atoms with van der Waals surface area (Å²) in [6.07, 6.45) is 1.63. The van der Waals surface area contributed by atoms with E-state index in [4.69, 9.17) is 4.52 Å². The second kappa shape index (κ2) is 5.07. The van der Waals surface area contributed by atoms with Gasteiger partial charge in [0.25, 0.3) is 0 Å². The van der Waals surface area contributed by atoms with Crippen LogP contribution in [0.1, 0.15) is 5.69 Å². The molecule has 0 aliphatic rings. The highest BCUT2D eigenvalue weighted by atomic mass is 32.1. The average molecular weight is 274 g/mol. The predicted octanol–water partition coefficient (Wildman–Crippen LogP) is 2.61. The zero-order chi connectivity index (χ0) is 13.1. The summed E-state index contributed by atoms with van der Waals surface area (Å²) in [5.74, 6) is 0. The van der Waals surface area contributed by atoms with E-state index >= 15 is 0 Å². The molecule has 0 unspecified atom stereocenters. The number of thiazole rings is 1. The van der Waals surface area contributed by atoms with Crippen LogP contribution in [-0.2, 0) is 6.54 Å². The summed E-state index contributed by atoms with van der Waals surface area (Å²) < 4.78 is 5.16. The van der Waals surface area contributed by atoms with Crippen molar-refractivity contribution in [3.63, 3.8) is 0 Å². The van der Waals surface area contributed by atoms with Crippen molar-refractivity contribution >= 4 is 33.5 Å². The van der Waals surface area contributed by atoms with Crippen LogP contribution < -0.4 is 10.6 Å². The van der Waals surface area contributed by atoms with Gasteiger partial charge in [-0.05, 0) is 12.1 Å². The third-order valence-electron chi connectivity index (χ3n) is 2.52. The number of carbonyl (C=O) groups is 1. The van der Waals surface area contributed by atoms with E-state index in [0.29, 0.717) is 23.0 Å². The number of fused-ring (bicyclic) bond motifs is 1. The largest absolute Gasteiger partial charge is 0.356 e. The second-order valence-corrected chi connectivity index (χ2v) is 4.66. The number of hydrogen-bond donors (Lipinski definition) is 2. The molecule has 0 atom stereocenters. The summed E-state index contributed by atoms with van der Waals surface area (Å²) in [4.78, 5) is 15.6. The van der Waals surface area contributed by atoms with Crippen LogP contribution in [0.3, 0.4) is 0 Å². The van der Waals surface area contributed by atoms with Gasteiger partial charge >= 0.3 is 6.03 Å². The Hall–Kier alpha value is -2.41. The molecule has 3 aromatic rings. The number of benzene rings is 1. The molecule has 0 bridgehead atoms. The minimum atomic E-state index is -0.318. The number of para-hydroxylation sites is 1. The molecule has 0 aliphatic carbocycles. The molecule has 7 heteroatoms. The molecule has 0 saturated carbocycles. The Bertz CT molecular complexity index is 693. The molecule has 2 amide bonds. The number of carbonyl (C=O) groups excluding carboxylic acids is 1. The maximum Gasteiger partial charge on any atom is 0.321 e. The first-order valence-corrected chi connectivity index (χ1v) is 6.48. The number of hydrogen-bond acceptors (Lipinski definition) is 5. The maximum absolute atomic E-state index is 11.6. The van der Waals surface area contributed by atoms with Gasteiger partial charge in [-0.1, -0.05) is 17.3 Å². The molecule has 96 valence electrons. The first-order valence-electron chi connectivity index (χ1n) is 5.60. The molecule has 0 aliphatic heterocycles. The van der Waals surface area contributed by atoms with E-state index in [1.807, 2.05) is 24.3 Å². The lowest BCUT2D eigenvalue weighted by Crippen LogP contribution is -2.28. The van der Waals surface area contributed by atoms with E-state index in [1.165, 1.54) is 11.3 Å². The number of rotatable bonds is 3. The Morgan fingerprint density at radius 1 is 1.37 bits per heavy atom. The summed E-state index contributed by atoms with van der Waals surface area (Å²) in [7, 11) is 0. The Balaban J connectivity index is 1.64. The molecule has 19 heavy (non-hydrogen) atoms. The first kappa shape index (κ1) is 11.7. The molecular weight excluding hydrogens is 264 g/mol. The number of amides is 2. The Morgan fingerprint density at radius 2 is 2.26 bits per heavy atom. The molecule has 0 fully saturated rings. The monoisotopic (exact) mass is 274 g/mol. The zero-order valence-electron chi connectivity index (χ0n) is 9.79. The SMILES string of the molecule is O=C(NCc1noc2ccccc12)Nc1nccs1. The molecule has 0 radical (unpaired) electrons. The quantitative estimate of drug-likeness (QED) is 0.769. The van der Waals surface area contributed by atoms with Gasteiger partial charge < -0.3 is 9.84 Å². The number of nitrogens with zero attached hydrogens (tertiary/aromatic N) is 2. The van der Waals surface area contributed by atoms with Crippen molar-refractivity contribution in [1.29, 1.82) is 0 Å². The lowest BCUT2D eigenvalue weighted by Gasteiger charge is -2.02. The van der Waals surface area contributed by atoms with Gasteiger partial charge in [-0.15, -0.1) is 11.3 Å². The third kappa shape index (κ3) is 2.55. The number of anilines is 1. The van der Waals surface area contributed by atoms with Crippen molar-refractivity contribution in [2.45, 2.75) is 6.54 Å². The van der Waals surface area contributed by atoms with Crippen molar-refractivity contribution in [2.75, 3.05) is 5.32 Å². The minimum absolute atomic E-state index is 0.300. The third-order valence-corrected chi connectivity index (χ3v) is 3.21. The average Bonchev–Trinajstić information content (AvgIpc) is 3.05. The lowest BCUT2D eigenvalue weighted by molar-refractivity contribution is 0.251. The van der Waals surface area contributed by atoms with Crippen LogP contribution in [0.4, 0.5) is 9.93 Å². The maximum atomic E-state index is 11.6. The number of aromatic nitrogens is 2. The van der Waals surface area contributed by atoms with Gasteiger partial charge in [0.2, 0.25) is 0 Å². The summed E-state index contributed by atoms with van der Waals surface area (Å²) in [6, 6.07) is 7.20. The van der Waals surface area contributed by atoms with E-state index in [-0.39, 0.29) is 6.03 Å². The fourth-order valence-electron chi connectivity index (χ4n) is 1.66. The van der Waals surface area contributed by atoms with Crippen molar-refractivity contribution < 1.29 is 9.32 Å². The van der Waals surface area contributed by atoms with E-state index in [0.717, 1.165) is 5.39 Å². The predicted molar refractivity (Wildman–Crippen MR) is 72.0 cm³/mol. The molecule has 6 nitrogen and oxygen atoms in total. The molecule has 3 rings (SSSR count). The van der Waals surface area contributed by atoms with Crippen LogP contribution in [0.2, 0.25) is 0 Å². The van der Waals surface area contributed by atoms with Crippen molar-refractivity contribution in [2.24, 2.45) is 0 Å².